The number of fused-ring (bicyclic) bond motifs is 1. The van der Waals surface area contributed by atoms with Gasteiger partial charge >= 0.3 is 6.09 Å². The lowest BCUT2D eigenvalue weighted by molar-refractivity contribution is -0.143. The molecule has 1 saturated heterocycles. The lowest BCUT2D eigenvalue weighted by Crippen LogP contribution is -2.51. The van der Waals surface area contributed by atoms with Crippen molar-refractivity contribution >= 4 is 12.0 Å². The van der Waals surface area contributed by atoms with Gasteiger partial charge in [0.15, 0.2) is 11.5 Å². The fraction of sp³-hybridized carbons (Fsp3) is 0.600. The summed E-state index contributed by atoms with van der Waals surface area (Å²) in [6.45, 7) is 7.49. The Hall–Kier alpha value is -2.44. The van der Waals surface area contributed by atoms with E-state index in [1.807, 2.05) is 43.9 Å². The maximum absolute atomic E-state index is 12.8. The molecular formula is C20H28N2O5. The Balaban J connectivity index is 1.51. The van der Waals surface area contributed by atoms with Gasteiger partial charge in [0.25, 0.3) is 5.91 Å². The van der Waals surface area contributed by atoms with Crippen LogP contribution < -0.4 is 14.8 Å². The Morgan fingerprint density at radius 2 is 2.00 bits per heavy atom. The molecule has 0 aromatic heterocycles. The first-order chi connectivity index (χ1) is 12.8. The summed E-state index contributed by atoms with van der Waals surface area (Å²) in [6.07, 6.45) is 0.810. The van der Waals surface area contributed by atoms with E-state index in [0.717, 1.165) is 12.8 Å². The van der Waals surface area contributed by atoms with Crippen LogP contribution in [0.3, 0.4) is 0 Å². The summed E-state index contributed by atoms with van der Waals surface area (Å²) < 4.78 is 16.7. The van der Waals surface area contributed by atoms with Crippen molar-refractivity contribution in [1.29, 1.82) is 0 Å². The van der Waals surface area contributed by atoms with Crippen molar-refractivity contribution in [3.63, 3.8) is 0 Å². The minimum Gasteiger partial charge on any atom is -0.485 e. The molecule has 0 unspecified atom stereocenters. The summed E-state index contributed by atoms with van der Waals surface area (Å²) in [5, 5.41) is 2.81. The van der Waals surface area contributed by atoms with Crippen molar-refractivity contribution in [2.24, 2.45) is 5.92 Å². The molecule has 3 rings (SSSR count). The Bertz CT molecular complexity index is 685. The van der Waals surface area contributed by atoms with Gasteiger partial charge in [-0.2, -0.15) is 0 Å². The predicted molar refractivity (Wildman–Crippen MR) is 99.9 cm³/mol. The molecule has 148 valence electrons. The first kappa shape index (κ1) is 19.3. The zero-order valence-electron chi connectivity index (χ0n) is 16.2. The van der Waals surface area contributed by atoms with Crippen LogP contribution in [0.5, 0.6) is 11.5 Å². The molecule has 0 bridgehead atoms. The second kappa shape index (κ2) is 8.06. The number of rotatable bonds is 3. The Morgan fingerprint density at radius 3 is 2.74 bits per heavy atom. The summed E-state index contributed by atoms with van der Waals surface area (Å²) >= 11 is 0. The Kier molecular flexibility index (Phi) is 5.77. The van der Waals surface area contributed by atoms with E-state index >= 15 is 0 Å². The van der Waals surface area contributed by atoms with E-state index in [-0.39, 0.29) is 18.4 Å². The van der Waals surface area contributed by atoms with Gasteiger partial charge in [-0.15, -0.1) is 0 Å². The molecule has 27 heavy (non-hydrogen) atoms. The summed E-state index contributed by atoms with van der Waals surface area (Å²) in [5.41, 5.74) is -0.521. The van der Waals surface area contributed by atoms with Crippen LogP contribution in [0, 0.1) is 5.92 Å². The number of para-hydroxylation sites is 2. The van der Waals surface area contributed by atoms with Crippen LogP contribution in [0.15, 0.2) is 24.3 Å². The van der Waals surface area contributed by atoms with E-state index in [1.54, 1.807) is 6.07 Å². The standard InChI is InChI=1S/C20H28N2O5/c1-20(2,3)27-19(24)21-11-14-7-6-10-22(12-14)18(23)17-13-25-15-8-4-5-9-16(15)26-17/h4-5,8-9,14,17H,6-7,10-13H2,1-3H3,(H,21,24)/t14-,17+/m1/s1. The minimum atomic E-state index is -0.627. The number of nitrogens with zero attached hydrogens (tertiary/aromatic N) is 1. The highest BCUT2D eigenvalue weighted by Crippen LogP contribution is 2.31. The summed E-state index contributed by atoms with van der Waals surface area (Å²) in [7, 11) is 0. The first-order valence-corrected chi connectivity index (χ1v) is 9.46. The molecule has 0 aliphatic carbocycles. The number of alkyl carbamates (subject to hydrolysis) is 1. The summed E-state index contributed by atoms with van der Waals surface area (Å²) in [5.74, 6) is 1.40. The number of nitrogens with one attached hydrogen (secondary N) is 1. The molecule has 2 aliphatic rings. The second-order valence-electron chi connectivity index (χ2n) is 8.04. The van der Waals surface area contributed by atoms with Crippen LogP contribution in [0.2, 0.25) is 0 Å². The maximum Gasteiger partial charge on any atom is 0.407 e. The number of hydrogen-bond donors (Lipinski definition) is 1. The molecule has 1 N–H and O–H groups in total. The van der Waals surface area contributed by atoms with E-state index in [0.29, 0.717) is 31.1 Å². The molecule has 2 amide bonds. The first-order valence-electron chi connectivity index (χ1n) is 9.46. The molecule has 1 aromatic carbocycles. The summed E-state index contributed by atoms with van der Waals surface area (Å²) in [4.78, 5) is 26.5. The number of carbonyl (C=O) groups excluding carboxylic acids is 2. The second-order valence-corrected chi connectivity index (χ2v) is 8.04. The Morgan fingerprint density at radius 1 is 1.26 bits per heavy atom. The molecule has 2 aliphatic heterocycles. The number of benzene rings is 1. The van der Waals surface area contributed by atoms with Crippen LogP contribution >= 0.6 is 0 Å². The summed E-state index contributed by atoms with van der Waals surface area (Å²) in [6, 6.07) is 7.36. The highest BCUT2D eigenvalue weighted by atomic mass is 16.6. The molecule has 7 nitrogen and oxygen atoms in total. The van der Waals surface area contributed by atoms with E-state index in [9.17, 15) is 9.59 Å². The molecule has 2 atom stereocenters. The molecule has 7 heteroatoms. The van der Waals surface area contributed by atoms with Crippen LogP contribution in [0.25, 0.3) is 0 Å². The van der Waals surface area contributed by atoms with Crippen molar-refractivity contribution in [2.45, 2.75) is 45.3 Å². The van der Waals surface area contributed by atoms with Crippen molar-refractivity contribution in [1.82, 2.24) is 10.2 Å². The molecular weight excluding hydrogens is 348 g/mol. The van der Waals surface area contributed by atoms with Gasteiger partial charge in [0.1, 0.15) is 12.2 Å². The molecule has 2 heterocycles. The van der Waals surface area contributed by atoms with Gasteiger partial charge in [-0.05, 0) is 51.7 Å². The van der Waals surface area contributed by atoms with Crippen molar-refractivity contribution < 1.29 is 23.8 Å². The topological polar surface area (TPSA) is 77.1 Å². The van der Waals surface area contributed by atoms with Gasteiger partial charge in [-0.1, -0.05) is 12.1 Å². The average Bonchev–Trinajstić information content (AvgIpc) is 2.64. The van der Waals surface area contributed by atoms with Gasteiger partial charge in [0, 0.05) is 19.6 Å². The van der Waals surface area contributed by atoms with Gasteiger partial charge < -0.3 is 24.4 Å². The third-order valence-electron chi connectivity index (χ3n) is 4.55. The van der Waals surface area contributed by atoms with E-state index < -0.39 is 17.8 Å². The quantitative estimate of drug-likeness (QED) is 0.877. The average molecular weight is 376 g/mol. The lowest BCUT2D eigenvalue weighted by Gasteiger charge is -2.36. The van der Waals surface area contributed by atoms with E-state index in [4.69, 9.17) is 14.2 Å². The third-order valence-corrected chi connectivity index (χ3v) is 4.55. The van der Waals surface area contributed by atoms with Gasteiger partial charge in [0.2, 0.25) is 6.10 Å². The SMILES string of the molecule is CC(C)(C)OC(=O)NC[C@H]1CCCN(C(=O)[C@@H]2COc3ccccc3O2)C1. The van der Waals surface area contributed by atoms with Crippen molar-refractivity contribution in [3.05, 3.63) is 24.3 Å². The number of ether oxygens (including phenoxy) is 3. The highest BCUT2D eigenvalue weighted by Gasteiger charge is 2.33. The largest absolute Gasteiger partial charge is 0.485 e. The smallest absolute Gasteiger partial charge is 0.407 e. The molecule has 1 fully saturated rings. The molecule has 0 radical (unpaired) electrons. The van der Waals surface area contributed by atoms with Crippen LogP contribution in [-0.4, -0.2) is 54.8 Å². The molecule has 0 spiro atoms. The number of piperidine rings is 1. The third kappa shape index (κ3) is 5.28. The maximum atomic E-state index is 12.8. The lowest BCUT2D eigenvalue weighted by atomic mass is 9.97. The number of carbonyl (C=O) groups is 2. The van der Waals surface area contributed by atoms with Gasteiger partial charge in [-0.3, -0.25) is 4.79 Å². The normalized spacial score (nSPS) is 22.1. The van der Waals surface area contributed by atoms with Crippen molar-refractivity contribution in [2.75, 3.05) is 26.2 Å². The number of hydrogen-bond acceptors (Lipinski definition) is 5. The van der Waals surface area contributed by atoms with Crippen LogP contribution in [-0.2, 0) is 9.53 Å². The monoisotopic (exact) mass is 376 g/mol. The van der Waals surface area contributed by atoms with E-state index in [1.165, 1.54) is 0 Å². The zero-order valence-corrected chi connectivity index (χ0v) is 16.2. The number of likely N-dealkylation sites (tertiary alicyclic amines) is 1. The fourth-order valence-electron chi connectivity index (χ4n) is 3.32. The van der Waals surface area contributed by atoms with Crippen LogP contribution in [0.4, 0.5) is 4.79 Å². The predicted octanol–water partition coefficient (Wildman–Crippen LogP) is 2.59. The van der Waals surface area contributed by atoms with Crippen molar-refractivity contribution in [3.8, 4) is 11.5 Å². The van der Waals surface area contributed by atoms with Crippen LogP contribution in [0.1, 0.15) is 33.6 Å². The van der Waals surface area contributed by atoms with Gasteiger partial charge in [-0.25, -0.2) is 4.79 Å². The minimum absolute atomic E-state index is 0.0635. The number of amides is 2. The van der Waals surface area contributed by atoms with E-state index in [2.05, 4.69) is 5.32 Å². The molecule has 0 saturated carbocycles. The molecule has 1 aromatic rings. The Labute approximate surface area is 160 Å². The van der Waals surface area contributed by atoms with Gasteiger partial charge in [0.05, 0.1) is 0 Å². The highest BCUT2D eigenvalue weighted by molar-refractivity contribution is 5.82. The zero-order chi connectivity index (χ0) is 19.4. The fourth-order valence-corrected chi connectivity index (χ4v) is 3.32.